The van der Waals surface area contributed by atoms with Gasteiger partial charge in [0.2, 0.25) is 0 Å². The average molecular weight is 354 g/mol. The Kier molecular flexibility index (Phi) is 3.76. The highest BCUT2D eigenvalue weighted by Crippen LogP contribution is 2.25. The van der Waals surface area contributed by atoms with E-state index in [2.05, 4.69) is 20.9 Å². The lowest BCUT2D eigenvalue weighted by molar-refractivity contribution is 0.627. The van der Waals surface area contributed by atoms with Crippen molar-refractivity contribution in [3.63, 3.8) is 0 Å². The number of benzene rings is 2. The van der Waals surface area contributed by atoms with Crippen molar-refractivity contribution in [2.24, 2.45) is 0 Å². The van der Waals surface area contributed by atoms with Crippen molar-refractivity contribution in [3.8, 4) is 5.69 Å². The van der Waals surface area contributed by atoms with Gasteiger partial charge in [-0.2, -0.15) is 0 Å². The number of rotatable bonds is 3. The van der Waals surface area contributed by atoms with E-state index in [1.807, 2.05) is 22.8 Å². The fraction of sp³-hybridized carbons (Fsp3) is 0.133. The molecule has 0 aliphatic carbocycles. The molecule has 0 atom stereocenters. The molecular formula is C15H11BrClFN2. The molecule has 0 radical (unpaired) electrons. The van der Waals surface area contributed by atoms with Gasteiger partial charge >= 0.3 is 0 Å². The van der Waals surface area contributed by atoms with Gasteiger partial charge < -0.3 is 0 Å². The smallest absolute Gasteiger partial charge is 0.123 e. The predicted molar refractivity (Wildman–Crippen MR) is 83.2 cm³/mol. The van der Waals surface area contributed by atoms with Gasteiger partial charge in [-0.3, -0.25) is 4.57 Å². The number of hydrogen-bond acceptors (Lipinski definition) is 1. The molecule has 20 heavy (non-hydrogen) atoms. The maximum atomic E-state index is 13.1. The van der Waals surface area contributed by atoms with E-state index < -0.39 is 0 Å². The Morgan fingerprint density at radius 1 is 1.15 bits per heavy atom. The Morgan fingerprint density at radius 2 is 1.90 bits per heavy atom. The maximum absolute atomic E-state index is 13.1. The lowest BCUT2D eigenvalue weighted by Gasteiger charge is -2.08. The summed E-state index contributed by atoms with van der Waals surface area (Å²) >= 11 is 9.33. The molecule has 0 unspecified atom stereocenters. The van der Waals surface area contributed by atoms with Gasteiger partial charge in [-0.05, 0) is 42.5 Å². The molecule has 0 bridgehead atoms. The van der Waals surface area contributed by atoms with Gasteiger partial charge in [0.1, 0.15) is 11.6 Å². The molecule has 0 fully saturated rings. The van der Waals surface area contributed by atoms with Gasteiger partial charge in [-0.1, -0.05) is 15.9 Å². The second-order valence-electron chi connectivity index (χ2n) is 4.41. The van der Waals surface area contributed by atoms with Crippen LogP contribution in [0, 0.1) is 5.82 Å². The zero-order valence-electron chi connectivity index (χ0n) is 10.5. The number of alkyl halides is 1. The van der Waals surface area contributed by atoms with Gasteiger partial charge in [0.15, 0.2) is 0 Å². The molecule has 0 aliphatic rings. The summed E-state index contributed by atoms with van der Waals surface area (Å²) in [7, 11) is 0. The van der Waals surface area contributed by atoms with Crippen LogP contribution in [0.2, 0.25) is 0 Å². The van der Waals surface area contributed by atoms with Crippen molar-refractivity contribution in [3.05, 3.63) is 58.6 Å². The summed E-state index contributed by atoms with van der Waals surface area (Å²) in [5.74, 6) is 1.11. The molecule has 0 saturated heterocycles. The van der Waals surface area contributed by atoms with E-state index in [0.29, 0.717) is 12.3 Å². The summed E-state index contributed by atoms with van der Waals surface area (Å²) in [6.45, 7) is 0. The van der Waals surface area contributed by atoms with Crippen LogP contribution in [0.1, 0.15) is 5.82 Å². The van der Waals surface area contributed by atoms with Crippen LogP contribution in [0.4, 0.5) is 4.39 Å². The number of aromatic nitrogens is 2. The molecule has 0 amide bonds. The lowest BCUT2D eigenvalue weighted by atomic mass is 10.2. The van der Waals surface area contributed by atoms with Crippen molar-refractivity contribution in [2.75, 3.05) is 5.88 Å². The fourth-order valence-electron chi connectivity index (χ4n) is 2.23. The van der Waals surface area contributed by atoms with Gasteiger partial charge in [0.05, 0.1) is 11.0 Å². The van der Waals surface area contributed by atoms with E-state index in [1.54, 1.807) is 12.1 Å². The zero-order chi connectivity index (χ0) is 14.1. The Morgan fingerprint density at radius 3 is 2.60 bits per heavy atom. The molecule has 102 valence electrons. The summed E-state index contributed by atoms with van der Waals surface area (Å²) in [6, 6.07) is 12.3. The highest BCUT2D eigenvalue weighted by Gasteiger charge is 2.12. The Bertz CT molecular complexity index is 752. The topological polar surface area (TPSA) is 17.8 Å². The number of hydrogen-bond donors (Lipinski definition) is 0. The van der Waals surface area contributed by atoms with Crippen LogP contribution in [0.25, 0.3) is 16.7 Å². The molecule has 0 N–H and O–H groups in total. The van der Waals surface area contributed by atoms with Crippen molar-refractivity contribution < 1.29 is 4.39 Å². The molecule has 2 aromatic carbocycles. The zero-order valence-corrected chi connectivity index (χ0v) is 12.8. The monoisotopic (exact) mass is 352 g/mol. The molecule has 2 nitrogen and oxygen atoms in total. The minimum absolute atomic E-state index is 0.252. The Balaban J connectivity index is 2.27. The largest absolute Gasteiger partial charge is 0.296 e. The van der Waals surface area contributed by atoms with Crippen LogP contribution < -0.4 is 0 Å². The van der Waals surface area contributed by atoms with E-state index in [1.165, 1.54) is 12.1 Å². The molecule has 0 spiro atoms. The molecule has 5 heteroatoms. The maximum Gasteiger partial charge on any atom is 0.123 e. The quantitative estimate of drug-likeness (QED) is 0.624. The number of imidazole rings is 1. The summed E-state index contributed by atoms with van der Waals surface area (Å²) in [5, 5.41) is 0. The van der Waals surface area contributed by atoms with E-state index in [-0.39, 0.29) is 5.82 Å². The first kappa shape index (κ1) is 13.6. The second kappa shape index (κ2) is 5.54. The van der Waals surface area contributed by atoms with E-state index in [9.17, 15) is 4.39 Å². The molecule has 1 heterocycles. The standard InChI is InChI=1S/C15H11BrClFN2/c16-10-1-6-13-14(9-10)20(15(19-13)7-8-17)12-4-2-11(18)3-5-12/h1-6,9H,7-8H2. The van der Waals surface area contributed by atoms with Gasteiger partial charge in [-0.25, -0.2) is 9.37 Å². The van der Waals surface area contributed by atoms with Crippen LogP contribution in [-0.4, -0.2) is 15.4 Å². The van der Waals surface area contributed by atoms with Crippen LogP contribution in [-0.2, 0) is 6.42 Å². The van der Waals surface area contributed by atoms with E-state index in [4.69, 9.17) is 11.6 Å². The first-order valence-electron chi connectivity index (χ1n) is 6.18. The Labute approximate surface area is 129 Å². The molecular weight excluding hydrogens is 343 g/mol. The third-order valence-corrected chi connectivity index (χ3v) is 3.77. The number of aryl methyl sites for hydroxylation is 1. The summed E-state index contributed by atoms with van der Waals surface area (Å²) in [4.78, 5) is 4.61. The van der Waals surface area contributed by atoms with Crippen LogP contribution in [0.5, 0.6) is 0 Å². The van der Waals surface area contributed by atoms with Gasteiger partial charge in [-0.15, -0.1) is 11.6 Å². The third kappa shape index (κ3) is 2.45. The van der Waals surface area contributed by atoms with Crippen molar-refractivity contribution in [1.82, 2.24) is 9.55 Å². The summed E-state index contributed by atoms with van der Waals surface area (Å²) < 4.78 is 16.1. The SMILES string of the molecule is Fc1ccc(-n2c(CCCl)nc3ccc(Br)cc32)cc1. The first-order chi connectivity index (χ1) is 9.69. The van der Waals surface area contributed by atoms with Gasteiger partial charge in [0, 0.05) is 22.5 Å². The van der Waals surface area contributed by atoms with Crippen LogP contribution >= 0.6 is 27.5 Å². The van der Waals surface area contributed by atoms with Crippen molar-refractivity contribution >= 4 is 38.6 Å². The Hall–Kier alpha value is -1.39. The first-order valence-corrected chi connectivity index (χ1v) is 7.50. The highest BCUT2D eigenvalue weighted by atomic mass is 79.9. The normalized spacial score (nSPS) is 11.2. The van der Waals surface area contributed by atoms with E-state index >= 15 is 0 Å². The average Bonchev–Trinajstić information content (AvgIpc) is 2.78. The minimum Gasteiger partial charge on any atom is -0.296 e. The summed E-state index contributed by atoms with van der Waals surface area (Å²) in [6.07, 6.45) is 0.658. The molecule has 3 rings (SSSR count). The predicted octanol–water partition coefficient (Wildman–Crippen LogP) is 4.71. The molecule has 0 aliphatic heterocycles. The molecule has 3 aromatic rings. The number of nitrogens with zero attached hydrogens (tertiary/aromatic N) is 2. The van der Waals surface area contributed by atoms with E-state index in [0.717, 1.165) is 27.0 Å². The summed E-state index contributed by atoms with van der Waals surface area (Å²) in [5.41, 5.74) is 2.76. The van der Waals surface area contributed by atoms with Gasteiger partial charge in [0.25, 0.3) is 0 Å². The second-order valence-corrected chi connectivity index (χ2v) is 5.71. The van der Waals surface area contributed by atoms with Crippen LogP contribution in [0.15, 0.2) is 46.9 Å². The molecule has 1 aromatic heterocycles. The van der Waals surface area contributed by atoms with Crippen molar-refractivity contribution in [1.29, 1.82) is 0 Å². The van der Waals surface area contributed by atoms with Crippen LogP contribution in [0.3, 0.4) is 0 Å². The molecule has 0 saturated carbocycles. The number of halogens is 3. The highest BCUT2D eigenvalue weighted by molar-refractivity contribution is 9.10. The van der Waals surface area contributed by atoms with Crippen molar-refractivity contribution in [2.45, 2.75) is 6.42 Å². The minimum atomic E-state index is -0.252. The fourth-order valence-corrected chi connectivity index (χ4v) is 2.75. The number of fused-ring (bicyclic) bond motifs is 1. The third-order valence-electron chi connectivity index (χ3n) is 3.09. The lowest BCUT2D eigenvalue weighted by Crippen LogP contribution is -2.02.